The van der Waals surface area contributed by atoms with Gasteiger partial charge in [0.05, 0.1) is 0 Å². The summed E-state index contributed by atoms with van der Waals surface area (Å²) in [6.07, 6.45) is 10.3. The van der Waals surface area contributed by atoms with E-state index in [0.717, 1.165) is 77.0 Å². The van der Waals surface area contributed by atoms with Crippen LogP contribution in [-0.4, -0.2) is 57.7 Å². The fourth-order valence-corrected chi connectivity index (χ4v) is 15.6. The Bertz CT molecular complexity index is 920. The number of hydrogen-bond donors (Lipinski definition) is 0. The Hall–Kier alpha value is -1.13. The molecule has 0 aromatic heterocycles. The summed E-state index contributed by atoms with van der Waals surface area (Å²) in [6, 6.07) is 18.8. The van der Waals surface area contributed by atoms with E-state index in [9.17, 15) is 0 Å². The van der Waals surface area contributed by atoms with Gasteiger partial charge in [0.25, 0.3) is 0 Å². The standard InChI is InChI=1S/2C12H27O4Si.2C6H6O.Ti/c2*1-4-7-10-14-17(13,15-11-8-5-2)16-12-9-6-3;2*7-6-4-2-1-3-5-6;/h2*4-12H2,1-3H3;2*1-5,7H;/q2*-1;;;+4/p-2. The van der Waals surface area contributed by atoms with Crippen LogP contribution in [0.1, 0.15) is 119 Å². The van der Waals surface area contributed by atoms with Gasteiger partial charge in [0.15, 0.2) is 0 Å². The Morgan fingerprint density at radius 2 is 0.633 bits per heavy atom. The summed E-state index contributed by atoms with van der Waals surface area (Å²) in [5.41, 5.74) is 0. The third-order valence-corrected chi connectivity index (χ3v) is 17.7. The Balaban J connectivity index is 2.84. The average molecular weight is 761 g/mol. The van der Waals surface area contributed by atoms with Crippen molar-refractivity contribution in [3.63, 3.8) is 0 Å². The summed E-state index contributed by atoms with van der Waals surface area (Å²) < 4.78 is 67.5. The first-order valence-electron chi connectivity index (χ1n) is 18.7. The molecule has 0 radical (unpaired) electrons. The van der Waals surface area contributed by atoms with Crippen molar-refractivity contribution in [2.45, 2.75) is 119 Å². The van der Waals surface area contributed by atoms with Crippen molar-refractivity contribution < 1.29 is 57.3 Å². The van der Waals surface area contributed by atoms with Crippen LogP contribution in [0.2, 0.25) is 0 Å². The van der Waals surface area contributed by atoms with Crippen LogP contribution in [0, 0.1) is 0 Å². The molecule has 0 fully saturated rings. The third kappa shape index (κ3) is 17.8. The maximum atomic E-state index is 7.14. The molecule has 0 heterocycles. The van der Waals surface area contributed by atoms with Gasteiger partial charge in [0.1, 0.15) is 0 Å². The average Bonchev–Trinajstić information content (AvgIpc) is 3.10. The van der Waals surface area contributed by atoms with Gasteiger partial charge < -0.3 is 0 Å². The molecule has 0 aliphatic rings. The van der Waals surface area contributed by atoms with Crippen LogP contribution in [0.4, 0.5) is 0 Å². The van der Waals surface area contributed by atoms with Crippen LogP contribution < -0.4 is 6.64 Å². The molecule has 0 spiro atoms. The second kappa shape index (κ2) is 26.6. The molecule has 0 unspecified atom stereocenters. The van der Waals surface area contributed by atoms with E-state index < -0.39 is 36.2 Å². The molecule has 0 amide bonds. The van der Waals surface area contributed by atoms with Gasteiger partial charge >= 0.3 is 306 Å². The van der Waals surface area contributed by atoms with Crippen LogP contribution in [0.5, 0.6) is 11.5 Å². The van der Waals surface area contributed by atoms with Crippen LogP contribution in [0.3, 0.4) is 0 Å². The first-order valence-corrected chi connectivity index (χ1v) is 24.5. The predicted octanol–water partition coefficient (Wildman–Crippen LogP) is 9.76. The van der Waals surface area contributed by atoms with Crippen molar-refractivity contribution in [2.24, 2.45) is 0 Å². The van der Waals surface area contributed by atoms with Crippen LogP contribution >= 0.6 is 0 Å². The van der Waals surface area contributed by atoms with Gasteiger partial charge in [-0.2, -0.15) is 0 Å². The fraction of sp³-hybridized carbons (Fsp3) is 0.667. The van der Waals surface area contributed by atoms with Gasteiger partial charge in [-0.15, -0.1) is 0 Å². The molecule has 0 saturated carbocycles. The van der Waals surface area contributed by atoms with Crippen molar-refractivity contribution in [1.82, 2.24) is 0 Å². The van der Waals surface area contributed by atoms with Gasteiger partial charge in [-0.05, 0) is 0 Å². The number of benzene rings is 2. The number of unbranched alkanes of at least 4 members (excludes halogenated alkanes) is 6. The molecule has 13 heteroatoms. The topological polar surface area (TPSA) is 92.3 Å². The minimum absolute atomic E-state index is 0.380. The maximum absolute atomic E-state index is 7.14. The van der Waals surface area contributed by atoms with Crippen molar-refractivity contribution >= 4 is 18.1 Å². The third-order valence-electron chi connectivity index (χ3n) is 7.13. The van der Waals surface area contributed by atoms with Crippen LogP contribution in [-0.2, 0) is 50.7 Å². The monoisotopic (exact) mass is 760 g/mol. The molecule has 0 bridgehead atoms. The minimum atomic E-state index is -5.30. The van der Waals surface area contributed by atoms with Gasteiger partial charge in [0, 0.05) is 0 Å². The Morgan fingerprint density at radius 1 is 0.388 bits per heavy atom. The summed E-state index contributed by atoms with van der Waals surface area (Å²) >= 11 is -5.30. The summed E-state index contributed by atoms with van der Waals surface area (Å²) in [5.74, 6) is 0.992. The zero-order valence-corrected chi connectivity index (χ0v) is 34.6. The molecular formula is C36H64O10Si2Ti. The molecular weight excluding hydrogens is 696 g/mol. The molecule has 10 nitrogen and oxygen atoms in total. The Kier molecular flexibility index (Phi) is 23.9. The summed E-state index contributed by atoms with van der Waals surface area (Å²) in [5, 5.41) is 0. The van der Waals surface area contributed by atoms with Gasteiger partial charge in [-0.3, -0.25) is 0 Å². The van der Waals surface area contributed by atoms with E-state index in [4.69, 9.17) is 39.2 Å². The molecule has 2 aromatic carbocycles. The van der Waals surface area contributed by atoms with E-state index in [1.165, 1.54) is 0 Å². The second-order valence-corrected chi connectivity index (χ2v) is 20.0. The molecule has 0 N–H and O–H groups in total. The van der Waals surface area contributed by atoms with Crippen molar-refractivity contribution in [2.75, 3.05) is 39.6 Å². The summed E-state index contributed by atoms with van der Waals surface area (Å²) in [6.45, 7) is 15.0. The first-order chi connectivity index (χ1) is 23.9. The van der Waals surface area contributed by atoms with Gasteiger partial charge in [0.2, 0.25) is 0 Å². The second-order valence-electron chi connectivity index (χ2n) is 11.7. The quantitative estimate of drug-likeness (QED) is 0.0530. The van der Waals surface area contributed by atoms with E-state index in [1.807, 2.05) is 60.7 Å². The van der Waals surface area contributed by atoms with Crippen molar-refractivity contribution in [3.8, 4) is 11.5 Å². The van der Waals surface area contributed by atoms with Gasteiger partial charge in [-0.1, -0.05) is 0 Å². The van der Waals surface area contributed by atoms with Crippen LogP contribution in [0.25, 0.3) is 0 Å². The van der Waals surface area contributed by atoms with Crippen molar-refractivity contribution in [1.29, 1.82) is 0 Å². The molecule has 0 aliphatic heterocycles. The Morgan fingerprint density at radius 3 is 0.857 bits per heavy atom. The Labute approximate surface area is 304 Å². The molecule has 0 aliphatic carbocycles. The fourth-order valence-electron chi connectivity index (χ4n) is 4.17. The number of rotatable bonds is 32. The molecule has 2 rings (SSSR count). The van der Waals surface area contributed by atoms with E-state index in [-0.39, 0.29) is 0 Å². The van der Waals surface area contributed by atoms with E-state index in [2.05, 4.69) is 41.5 Å². The molecule has 280 valence electrons. The molecule has 2 aromatic rings. The first kappa shape index (κ1) is 44.0. The zero-order chi connectivity index (χ0) is 35.5. The van der Waals surface area contributed by atoms with E-state index in [0.29, 0.717) is 51.1 Å². The van der Waals surface area contributed by atoms with Crippen LogP contribution in [0.15, 0.2) is 60.7 Å². The predicted molar refractivity (Wildman–Crippen MR) is 193 cm³/mol. The number of hydrogen-bond acceptors (Lipinski definition) is 10. The SMILES string of the molecule is CCCCO[Si](OCCCC)(OCCCC)[O][Ti]([O]c1ccccc1)([O]c1ccccc1)[O][Si](OCCCC)(OCCCC)OCCCC. The molecule has 0 saturated heterocycles. The van der Waals surface area contributed by atoms with E-state index >= 15 is 0 Å². The zero-order valence-electron chi connectivity index (χ0n) is 31.1. The number of para-hydroxylation sites is 2. The molecule has 0 atom stereocenters. The van der Waals surface area contributed by atoms with Gasteiger partial charge in [-0.25, -0.2) is 0 Å². The summed E-state index contributed by atoms with van der Waals surface area (Å²) in [4.78, 5) is 0. The van der Waals surface area contributed by atoms with Crippen molar-refractivity contribution in [3.05, 3.63) is 60.7 Å². The molecule has 49 heavy (non-hydrogen) atoms. The normalized spacial score (nSPS) is 12.4. The van der Waals surface area contributed by atoms with E-state index in [1.54, 1.807) is 0 Å². The summed E-state index contributed by atoms with van der Waals surface area (Å²) in [7, 11) is -8.00.